The van der Waals surface area contributed by atoms with Gasteiger partial charge in [0.05, 0.1) is 39.5 Å². The molecule has 0 amide bonds. The quantitative estimate of drug-likeness (QED) is 0.130. The van der Waals surface area contributed by atoms with Crippen LogP contribution in [-0.2, 0) is 85.5 Å². The molecule has 0 aliphatic heterocycles. The smallest absolute Gasteiger partial charge is 0.148 e. The third-order valence-electron chi connectivity index (χ3n) is 19.8. The Balaban J connectivity index is 0.00000605. The number of hydrogen-bond donors (Lipinski definition) is 2. The van der Waals surface area contributed by atoms with Crippen molar-refractivity contribution >= 4 is 33.4 Å². The molecule has 11 aromatic rings. The zero-order valence-corrected chi connectivity index (χ0v) is 70.4. The number of phenols is 2. The number of rotatable bonds is 10. The van der Waals surface area contributed by atoms with E-state index in [9.17, 15) is 10.2 Å². The minimum Gasteiger partial charge on any atom is -0.507 e. The molecule has 2 N–H and O–H groups in total. The van der Waals surface area contributed by atoms with E-state index < -0.39 is 0 Å². The Labute approximate surface area is 638 Å². The molecule has 8 aromatic carbocycles. The summed E-state index contributed by atoms with van der Waals surface area (Å²) in [4.78, 5) is 25.8. The summed E-state index contributed by atoms with van der Waals surface area (Å²) in [5, 5.41) is 25.5. The fourth-order valence-electron chi connectivity index (χ4n) is 13.2. The molecule has 0 radical (unpaired) electrons. The van der Waals surface area contributed by atoms with Crippen molar-refractivity contribution in [1.82, 2.24) is 29.1 Å². The molecule has 0 aliphatic rings. The number of anilines is 2. The summed E-state index contributed by atoms with van der Waals surface area (Å²) < 4.78 is 4.55. The fourth-order valence-corrected chi connectivity index (χ4v) is 13.2. The minimum absolute atomic E-state index is 0. The zero-order chi connectivity index (χ0) is 73.4. The number of aromatic hydroxyl groups is 2. The van der Waals surface area contributed by atoms with Crippen LogP contribution < -0.4 is 9.80 Å². The van der Waals surface area contributed by atoms with Crippen molar-refractivity contribution in [3.05, 3.63) is 190 Å². The van der Waals surface area contributed by atoms with Crippen LogP contribution in [0.2, 0.25) is 0 Å². The second-order valence-corrected chi connectivity index (χ2v) is 36.7. The molecule has 0 unspecified atom stereocenters. The van der Waals surface area contributed by atoms with Crippen molar-refractivity contribution in [2.75, 3.05) is 38.0 Å². The number of imidazole rings is 2. The van der Waals surface area contributed by atoms with Crippen LogP contribution in [0.1, 0.15) is 211 Å². The summed E-state index contributed by atoms with van der Waals surface area (Å²) in [6.07, 6.45) is 1.64. The van der Waals surface area contributed by atoms with Crippen LogP contribution in [0.5, 0.6) is 11.5 Å². The second kappa shape index (κ2) is 27.4. The van der Waals surface area contributed by atoms with Crippen LogP contribution in [0.25, 0.3) is 101 Å². The normalized spacial score (nSPS) is 12.8. The summed E-state index contributed by atoms with van der Waals surface area (Å²) in [5.41, 5.74) is 22.0. The Bertz CT molecular complexity index is 4630. The summed E-state index contributed by atoms with van der Waals surface area (Å²) in [6, 6.07) is 53.9. The van der Waals surface area contributed by atoms with E-state index in [0.717, 1.165) is 100 Å². The monoisotopic (exact) mass is 1720 g/mol. The van der Waals surface area contributed by atoms with Gasteiger partial charge < -0.3 is 20.0 Å². The van der Waals surface area contributed by atoms with Crippen molar-refractivity contribution in [3.8, 4) is 90.4 Å². The van der Waals surface area contributed by atoms with Crippen LogP contribution in [-0.4, -0.2) is 67.5 Å². The van der Waals surface area contributed by atoms with Gasteiger partial charge in [0.1, 0.15) is 23.1 Å². The number of phenolic OH excluding ortho intramolecular Hbond substituents is 2. The van der Waals surface area contributed by atoms with Crippen LogP contribution >= 0.6 is 0 Å². The first kappa shape index (κ1) is 78.5. The summed E-state index contributed by atoms with van der Waals surface area (Å²) in [6.45, 7) is 53.6. The molecule has 3 heterocycles. The van der Waals surface area contributed by atoms with Gasteiger partial charge in [-0.1, -0.05) is 243 Å². The number of nitrogens with zero attached hydrogens (tertiary/aromatic N) is 8. The number of para-hydroxylation sites is 2. The molecule has 0 aliphatic carbocycles. The molecule has 11 rings (SSSR count). The average molecular weight is 1720 g/mol. The van der Waals surface area contributed by atoms with Gasteiger partial charge in [-0.15, -0.1) is 47.5 Å². The number of benzene rings is 8. The van der Waals surface area contributed by atoms with Gasteiger partial charge in [0, 0.05) is 104 Å². The SMILES string of the molecule is CN(C)c1cc(-c2cc(-c3[c-]c(-c4cccc5c4nc(-c4cc(C(C)(C)C)cc(C(C)(C)C)c4O)n5-c4cc(C(C)(C)C)cc(C(C)(C)C)c4)cc(N(C)C)c3)ncn2)[c-]c(-c2cccc3c2nc(-c2cc(C(C)(C)C)cc(C(C)(C)C)c2O)n3-c2cc(C(C)(C)C)cc(C(C)(C)C)c2)c1.[Pt].[Pt]. The first-order valence-electron chi connectivity index (χ1n) is 35.5. The number of fused-ring (bicyclic) bond motifs is 2. The largest absolute Gasteiger partial charge is 0.507 e. The van der Waals surface area contributed by atoms with E-state index in [0.29, 0.717) is 34.2 Å². The molecule has 10 nitrogen and oxygen atoms in total. The zero-order valence-electron chi connectivity index (χ0n) is 65.8. The minimum atomic E-state index is -0.368. The van der Waals surface area contributed by atoms with Gasteiger partial charge in [0.15, 0.2) is 0 Å². The van der Waals surface area contributed by atoms with E-state index in [1.165, 1.54) is 22.3 Å². The Morgan fingerprint density at radius 1 is 0.333 bits per heavy atom. The van der Waals surface area contributed by atoms with Gasteiger partial charge in [0.25, 0.3) is 0 Å². The standard InChI is InChI=1S/C90H108N8O2.2Pt/c1-83(2,3)57-41-58(84(4,5)6)44-65(43-57)97-75-33-29-31-67(77(75)93-81(97)69-47-61(87(13,14)15)49-71(79(69)99)89(19,20)21)53-35-55(39-63(37-53)95(25)26)73-51-74(92-52-91-73)56-36-54(38-64(40-56)96(27)28)68-32-30-34-76-78(68)94-82(70-48-62(88(16,17)18)50-72(80(70)100)90(22,23)24)98(76)66-45-59(85(7,8)9)42-60(46-66)86(10,11)12;;/h29-34,37-52,99-100H,1-28H3;;/q-2;;. The maximum Gasteiger partial charge on any atom is 0.148 e. The van der Waals surface area contributed by atoms with Crippen LogP contribution in [0.3, 0.4) is 0 Å². The molecular formula is C90H108N8O2Pt2-2. The predicted molar refractivity (Wildman–Crippen MR) is 423 cm³/mol. The maximum absolute atomic E-state index is 12.8. The van der Waals surface area contributed by atoms with Crippen molar-refractivity contribution in [3.63, 3.8) is 0 Å². The molecule has 3 aromatic heterocycles. The van der Waals surface area contributed by atoms with Gasteiger partial charge in [-0.05, 0) is 137 Å². The molecule has 0 atom stereocenters. The van der Waals surface area contributed by atoms with E-state index in [1.807, 2.05) is 6.07 Å². The molecule has 0 bridgehead atoms. The van der Waals surface area contributed by atoms with E-state index in [2.05, 4.69) is 347 Å². The van der Waals surface area contributed by atoms with Gasteiger partial charge in [-0.2, -0.15) is 0 Å². The first-order valence-corrected chi connectivity index (χ1v) is 35.5. The van der Waals surface area contributed by atoms with E-state index in [4.69, 9.17) is 19.9 Å². The molecule has 0 fully saturated rings. The van der Waals surface area contributed by atoms with Crippen molar-refractivity contribution in [2.24, 2.45) is 0 Å². The van der Waals surface area contributed by atoms with Crippen molar-refractivity contribution in [2.45, 2.75) is 209 Å². The molecular weight excluding hydrogens is 1620 g/mol. The maximum atomic E-state index is 12.8. The van der Waals surface area contributed by atoms with Crippen LogP contribution in [0, 0.1) is 12.1 Å². The molecule has 102 heavy (non-hydrogen) atoms. The van der Waals surface area contributed by atoms with E-state index in [-0.39, 0.29) is 96.9 Å². The fraction of sp³-hybridized carbons (Fsp3) is 0.400. The molecule has 12 heteroatoms. The Morgan fingerprint density at radius 3 is 0.912 bits per heavy atom. The second-order valence-electron chi connectivity index (χ2n) is 36.7. The molecule has 0 spiro atoms. The van der Waals surface area contributed by atoms with Gasteiger partial charge in [-0.3, -0.25) is 19.1 Å². The van der Waals surface area contributed by atoms with Gasteiger partial charge in [-0.25, -0.2) is 9.97 Å². The average Bonchev–Trinajstić information content (AvgIpc) is 1.60. The van der Waals surface area contributed by atoms with Gasteiger partial charge in [0.2, 0.25) is 0 Å². The van der Waals surface area contributed by atoms with Crippen molar-refractivity contribution in [1.29, 1.82) is 0 Å². The predicted octanol–water partition coefficient (Wildman–Crippen LogP) is 22.7. The summed E-state index contributed by atoms with van der Waals surface area (Å²) in [5.74, 6) is 1.78. The molecule has 542 valence electrons. The Hall–Kier alpha value is -7.64. The molecule has 0 saturated heterocycles. The Kier molecular flexibility index (Phi) is 21.1. The number of aromatic nitrogens is 6. The van der Waals surface area contributed by atoms with Crippen LogP contribution in [0.4, 0.5) is 11.4 Å². The van der Waals surface area contributed by atoms with Crippen molar-refractivity contribution < 1.29 is 52.3 Å². The summed E-state index contributed by atoms with van der Waals surface area (Å²) in [7, 11) is 8.24. The third-order valence-corrected chi connectivity index (χ3v) is 19.8. The number of hydrogen-bond acceptors (Lipinski definition) is 8. The Morgan fingerprint density at radius 2 is 0.627 bits per heavy atom. The third kappa shape index (κ3) is 15.6. The first-order chi connectivity index (χ1) is 46.1. The topological polar surface area (TPSA) is 108 Å². The molecule has 0 saturated carbocycles. The van der Waals surface area contributed by atoms with Gasteiger partial charge >= 0.3 is 0 Å². The van der Waals surface area contributed by atoms with Crippen LogP contribution in [0.15, 0.2) is 134 Å². The summed E-state index contributed by atoms with van der Waals surface area (Å²) >= 11 is 0. The van der Waals surface area contributed by atoms with E-state index in [1.54, 1.807) is 6.33 Å². The van der Waals surface area contributed by atoms with E-state index >= 15 is 0 Å².